The molecule has 1 heterocycles. The lowest BCUT2D eigenvalue weighted by molar-refractivity contribution is 0.355. The van der Waals surface area contributed by atoms with Gasteiger partial charge in [0.1, 0.15) is 0 Å². The molecule has 0 saturated carbocycles. The number of methoxy groups -OCH3 is 2. The van der Waals surface area contributed by atoms with Crippen molar-refractivity contribution < 1.29 is 9.47 Å². The second-order valence-electron chi connectivity index (χ2n) is 5.41. The van der Waals surface area contributed by atoms with E-state index in [0.29, 0.717) is 17.5 Å². The number of hydrogen-bond donors (Lipinski definition) is 2. The van der Waals surface area contributed by atoms with E-state index in [4.69, 9.17) is 9.47 Å². The Morgan fingerprint density at radius 2 is 2.00 bits per heavy atom. The molecular weight excluding hydrogens is 336 g/mol. The van der Waals surface area contributed by atoms with Crippen LogP contribution >= 0.6 is 11.3 Å². The van der Waals surface area contributed by atoms with Gasteiger partial charge in [-0.05, 0) is 25.5 Å². The van der Waals surface area contributed by atoms with Crippen LogP contribution in [0.5, 0.6) is 11.5 Å². The van der Waals surface area contributed by atoms with E-state index in [9.17, 15) is 0 Å². The van der Waals surface area contributed by atoms with Crippen molar-refractivity contribution >= 4 is 23.0 Å². The maximum Gasteiger partial charge on any atom is 0.195 e. The van der Waals surface area contributed by atoms with Gasteiger partial charge in [0.25, 0.3) is 0 Å². The van der Waals surface area contributed by atoms with E-state index in [1.54, 1.807) is 32.6 Å². The van der Waals surface area contributed by atoms with Crippen molar-refractivity contribution in [3.63, 3.8) is 0 Å². The van der Waals surface area contributed by atoms with Gasteiger partial charge in [0.15, 0.2) is 17.5 Å². The highest BCUT2D eigenvalue weighted by Crippen LogP contribution is 2.29. The highest BCUT2D eigenvalue weighted by Gasteiger charge is 2.08. The van der Waals surface area contributed by atoms with Crippen molar-refractivity contribution in [1.29, 1.82) is 0 Å². The zero-order valence-corrected chi connectivity index (χ0v) is 16.3. The van der Waals surface area contributed by atoms with Crippen LogP contribution in [0.3, 0.4) is 0 Å². The average Bonchev–Trinajstić information content (AvgIpc) is 3.00. The molecule has 0 amide bonds. The molecule has 0 bridgehead atoms. The number of aryl methyl sites for hydroxylation is 2. The Labute approximate surface area is 153 Å². The minimum atomic E-state index is 0.674. The molecule has 25 heavy (non-hydrogen) atoms. The van der Waals surface area contributed by atoms with Crippen LogP contribution in [0.1, 0.15) is 22.5 Å². The molecule has 1 aromatic heterocycles. The molecule has 0 unspecified atom stereocenters. The number of guanidine groups is 1. The molecule has 2 N–H and O–H groups in total. The number of nitrogens with one attached hydrogen (secondary N) is 2. The SMILES string of the molecule is CCc1nc(CCNC(=NC)Nc2ccc(OC)c(OC)c2)sc1C. The van der Waals surface area contributed by atoms with Crippen LogP contribution in [0.15, 0.2) is 23.2 Å². The number of thiazole rings is 1. The average molecular weight is 362 g/mol. The van der Waals surface area contributed by atoms with Crippen molar-refractivity contribution in [2.45, 2.75) is 26.7 Å². The van der Waals surface area contributed by atoms with Gasteiger partial charge in [-0.25, -0.2) is 4.98 Å². The van der Waals surface area contributed by atoms with Gasteiger partial charge in [0.2, 0.25) is 0 Å². The predicted molar refractivity (Wildman–Crippen MR) is 104 cm³/mol. The van der Waals surface area contributed by atoms with E-state index in [0.717, 1.165) is 30.1 Å². The van der Waals surface area contributed by atoms with Crippen LogP contribution in [-0.4, -0.2) is 38.8 Å². The largest absolute Gasteiger partial charge is 0.493 e. The van der Waals surface area contributed by atoms with Gasteiger partial charge in [-0.3, -0.25) is 4.99 Å². The second kappa shape index (κ2) is 9.27. The summed E-state index contributed by atoms with van der Waals surface area (Å²) in [6, 6.07) is 5.66. The number of anilines is 1. The summed E-state index contributed by atoms with van der Waals surface area (Å²) in [4.78, 5) is 10.2. The molecule has 7 heteroatoms. The van der Waals surface area contributed by atoms with Crippen LogP contribution in [0, 0.1) is 6.92 Å². The van der Waals surface area contributed by atoms with Gasteiger partial charge in [0.05, 0.1) is 24.9 Å². The zero-order valence-electron chi connectivity index (χ0n) is 15.5. The fraction of sp³-hybridized carbons (Fsp3) is 0.444. The predicted octanol–water partition coefficient (Wildman–Crippen LogP) is 3.26. The lowest BCUT2D eigenvalue weighted by atomic mass is 10.2. The van der Waals surface area contributed by atoms with Crippen LogP contribution < -0.4 is 20.1 Å². The van der Waals surface area contributed by atoms with E-state index in [1.807, 2.05) is 18.2 Å². The fourth-order valence-corrected chi connectivity index (χ4v) is 3.46. The van der Waals surface area contributed by atoms with Crippen molar-refractivity contribution in [3.05, 3.63) is 33.8 Å². The topological polar surface area (TPSA) is 67.8 Å². The number of rotatable bonds is 7. The van der Waals surface area contributed by atoms with Crippen molar-refractivity contribution in [1.82, 2.24) is 10.3 Å². The van der Waals surface area contributed by atoms with Gasteiger partial charge in [0, 0.05) is 36.6 Å². The lowest BCUT2D eigenvalue weighted by Crippen LogP contribution is -2.32. The summed E-state index contributed by atoms with van der Waals surface area (Å²) in [6.45, 7) is 5.03. The molecule has 2 rings (SSSR count). The first-order chi connectivity index (χ1) is 12.1. The van der Waals surface area contributed by atoms with Gasteiger partial charge < -0.3 is 20.1 Å². The summed E-state index contributed by atoms with van der Waals surface area (Å²) < 4.78 is 10.6. The van der Waals surface area contributed by atoms with Crippen LogP contribution in [0.4, 0.5) is 5.69 Å². The van der Waals surface area contributed by atoms with Gasteiger partial charge >= 0.3 is 0 Å². The molecule has 0 radical (unpaired) electrons. The van der Waals surface area contributed by atoms with Crippen molar-refractivity contribution in [3.8, 4) is 11.5 Å². The standard InChI is InChI=1S/C18H26N4O2S/c1-6-14-12(2)25-17(22-14)9-10-20-18(19-3)21-13-7-8-15(23-4)16(11-13)24-5/h7-8,11H,6,9-10H2,1-5H3,(H2,19,20,21). The summed E-state index contributed by atoms with van der Waals surface area (Å²) in [5, 5.41) is 7.72. The molecule has 1 aromatic carbocycles. The molecule has 0 aliphatic heterocycles. The molecule has 0 atom stereocenters. The number of ether oxygens (including phenoxy) is 2. The third-order valence-corrected chi connectivity index (χ3v) is 4.85. The summed E-state index contributed by atoms with van der Waals surface area (Å²) in [7, 11) is 4.99. The minimum absolute atomic E-state index is 0.674. The number of benzene rings is 1. The van der Waals surface area contributed by atoms with E-state index < -0.39 is 0 Å². The second-order valence-corrected chi connectivity index (χ2v) is 6.70. The highest BCUT2D eigenvalue weighted by molar-refractivity contribution is 7.11. The maximum atomic E-state index is 5.32. The maximum absolute atomic E-state index is 5.32. The smallest absolute Gasteiger partial charge is 0.195 e. The zero-order chi connectivity index (χ0) is 18.2. The summed E-state index contributed by atoms with van der Waals surface area (Å²) >= 11 is 1.77. The number of nitrogens with zero attached hydrogens (tertiary/aromatic N) is 2. The Morgan fingerprint density at radius 3 is 2.60 bits per heavy atom. The molecule has 6 nitrogen and oxygen atoms in total. The van der Waals surface area contributed by atoms with E-state index in [2.05, 4.69) is 34.5 Å². The van der Waals surface area contributed by atoms with Crippen LogP contribution in [0.2, 0.25) is 0 Å². The van der Waals surface area contributed by atoms with Gasteiger partial charge in [-0.15, -0.1) is 11.3 Å². The molecule has 0 spiro atoms. The summed E-state index contributed by atoms with van der Waals surface area (Å²) in [5.74, 6) is 2.08. The Kier molecular flexibility index (Phi) is 7.06. The third kappa shape index (κ3) is 5.09. The normalized spacial score (nSPS) is 11.3. The van der Waals surface area contributed by atoms with Gasteiger partial charge in [-0.2, -0.15) is 0 Å². The first-order valence-corrected chi connectivity index (χ1v) is 9.07. The summed E-state index contributed by atoms with van der Waals surface area (Å²) in [5.41, 5.74) is 2.08. The summed E-state index contributed by atoms with van der Waals surface area (Å²) in [6.07, 6.45) is 1.86. The van der Waals surface area contributed by atoms with Crippen molar-refractivity contribution in [2.24, 2.45) is 4.99 Å². The Balaban J connectivity index is 1.92. The first kappa shape index (κ1) is 19.1. The van der Waals surface area contributed by atoms with E-state index >= 15 is 0 Å². The van der Waals surface area contributed by atoms with Crippen molar-refractivity contribution in [2.75, 3.05) is 33.1 Å². The first-order valence-electron chi connectivity index (χ1n) is 8.26. The van der Waals surface area contributed by atoms with E-state index in [1.165, 1.54) is 10.6 Å². The quantitative estimate of drug-likeness (QED) is 0.584. The Hall–Kier alpha value is -2.28. The Bertz CT molecular complexity index is 728. The lowest BCUT2D eigenvalue weighted by Gasteiger charge is -2.13. The minimum Gasteiger partial charge on any atom is -0.493 e. The highest BCUT2D eigenvalue weighted by atomic mass is 32.1. The van der Waals surface area contributed by atoms with E-state index in [-0.39, 0.29) is 0 Å². The third-order valence-electron chi connectivity index (χ3n) is 3.77. The molecule has 2 aromatic rings. The number of aromatic nitrogens is 1. The number of hydrogen-bond acceptors (Lipinski definition) is 5. The number of aliphatic imine (C=N–C) groups is 1. The van der Waals surface area contributed by atoms with Crippen LogP contribution in [0.25, 0.3) is 0 Å². The molecule has 0 fully saturated rings. The van der Waals surface area contributed by atoms with Gasteiger partial charge in [-0.1, -0.05) is 6.92 Å². The molecule has 0 aliphatic rings. The molecular formula is C18H26N4O2S. The molecule has 0 saturated heterocycles. The Morgan fingerprint density at radius 1 is 1.24 bits per heavy atom. The van der Waals surface area contributed by atoms with Crippen LogP contribution in [-0.2, 0) is 12.8 Å². The molecule has 0 aliphatic carbocycles. The monoisotopic (exact) mass is 362 g/mol. The molecule has 136 valence electrons. The fourth-order valence-electron chi connectivity index (χ4n) is 2.44.